The Labute approximate surface area is 170 Å². The Morgan fingerprint density at radius 1 is 1.24 bits per heavy atom. The highest BCUT2D eigenvalue weighted by atomic mass is 35.5. The molecule has 1 aliphatic carbocycles. The number of aryl methyl sites for hydroxylation is 2. The van der Waals surface area contributed by atoms with Gasteiger partial charge in [-0.3, -0.25) is 14.2 Å². The van der Waals surface area contributed by atoms with E-state index in [4.69, 9.17) is 17.3 Å². The van der Waals surface area contributed by atoms with Crippen LogP contribution in [0.5, 0.6) is 0 Å². The van der Waals surface area contributed by atoms with Crippen molar-refractivity contribution >= 4 is 34.8 Å². The summed E-state index contributed by atoms with van der Waals surface area (Å²) in [6, 6.07) is 9.05. The summed E-state index contributed by atoms with van der Waals surface area (Å²) in [4.78, 5) is 34.2. The summed E-state index contributed by atoms with van der Waals surface area (Å²) < 4.78 is 1.48. The number of nitrogens with zero attached hydrogens (tertiary/aromatic N) is 3. The number of hydrogen-bond donors (Lipinski definition) is 3. The summed E-state index contributed by atoms with van der Waals surface area (Å²) >= 11 is 6.44. The van der Waals surface area contributed by atoms with E-state index < -0.39 is 5.66 Å². The lowest BCUT2D eigenvalue weighted by atomic mass is 9.99. The maximum atomic E-state index is 13.5. The lowest BCUT2D eigenvalue weighted by Gasteiger charge is -2.28. The van der Waals surface area contributed by atoms with Crippen molar-refractivity contribution in [3.8, 4) is 0 Å². The topological polar surface area (TPSA) is 115 Å². The van der Waals surface area contributed by atoms with Gasteiger partial charge >= 0.3 is 0 Å². The van der Waals surface area contributed by atoms with Crippen molar-refractivity contribution in [2.45, 2.75) is 25.4 Å². The lowest BCUT2D eigenvalue weighted by molar-refractivity contribution is 0.0936. The fraction of sp³-hybridized carbons (Fsp3) is 0.200. The molecule has 0 saturated heterocycles. The molecule has 2 aromatic heterocycles. The van der Waals surface area contributed by atoms with Gasteiger partial charge in [0, 0.05) is 11.6 Å². The van der Waals surface area contributed by atoms with Gasteiger partial charge in [0.15, 0.2) is 0 Å². The molecule has 0 bridgehead atoms. The zero-order valence-electron chi connectivity index (χ0n) is 15.5. The Morgan fingerprint density at radius 3 is 2.86 bits per heavy atom. The van der Waals surface area contributed by atoms with E-state index in [1.165, 1.54) is 23.0 Å². The molecule has 8 nitrogen and oxygen atoms in total. The molecule has 1 aromatic carbocycles. The summed E-state index contributed by atoms with van der Waals surface area (Å²) in [6.45, 7) is 1.98. The molecule has 4 N–H and O–H groups in total. The average Bonchev–Trinajstić information content (AvgIpc) is 3.18. The van der Waals surface area contributed by atoms with E-state index >= 15 is 0 Å². The van der Waals surface area contributed by atoms with Gasteiger partial charge in [0.25, 0.3) is 11.5 Å². The van der Waals surface area contributed by atoms with E-state index in [1.807, 2.05) is 25.1 Å². The van der Waals surface area contributed by atoms with E-state index in [2.05, 4.69) is 20.6 Å². The van der Waals surface area contributed by atoms with Crippen LogP contribution in [0.4, 0.5) is 17.3 Å². The van der Waals surface area contributed by atoms with Gasteiger partial charge < -0.3 is 16.4 Å². The lowest BCUT2D eigenvalue weighted by Crippen LogP contribution is -2.46. The summed E-state index contributed by atoms with van der Waals surface area (Å²) in [6.07, 6.45) is 2.62. The van der Waals surface area contributed by atoms with E-state index in [-0.39, 0.29) is 33.7 Å². The Kier molecular flexibility index (Phi) is 3.69. The maximum absolute atomic E-state index is 13.5. The second kappa shape index (κ2) is 6.05. The molecule has 1 spiro atoms. The van der Waals surface area contributed by atoms with Gasteiger partial charge in [-0.2, -0.15) is 0 Å². The first-order chi connectivity index (χ1) is 13.9. The van der Waals surface area contributed by atoms with Crippen molar-refractivity contribution in [3.63, 3.8) is 0 Å². The van der Waals surface area contributed by atoms with Crippen molar-refractivity contribution in [2.24, 2.45) is 0 Å². The fourth-order valence-electron chi connectivity index (χ4n) is 4.24. The molecule has 5 rings (SSSR count). The fourth-order valence-corrected chi connectivity index (χ4v) is 4.52. The molecule has 1 atom stereocenters. The third kappa shape index (κ3) is 2.52. The van der Waals surface area contributed by atoms with Crippen LogP contribution in [0.3, 0.4) is 0 Å². The molecule has 29 heavy (non-hydrogen) atoms. The van der Waals surface area contributed by atoms with Crippen LogP contribution in [0.25, 0.3) is 0 Å². The molecule has 0 saturated carbocycles. The molecule has 2 aliphatic rings. The number of nitrogen functional groups attached to an aromatic ring is 1. The number of carbonyl (C=O) groups is 1. The van der Waals surface area contributed by atoms with Gasteiger partial charge in [-0.25, -0.2) is 9.97 Å². The summed E-state index contributed by atoms with van der Waals surface area (Å²) in [5, 5.41) is 6.16. The number of benzene rings is 1. The Hall–Kier alpha value is -3.39. The number of rotatable bonds is 2. The van der Waals surface area contributed by atoms with Gasteiger partial charge in [0.2, 0.25) is 0 Å². The number of fused-ring (bicyclic) bond motifs is 4. The Morgan fingerprint density at radius 2 is 2.07 bits per heavy atom. The third-order valence-corrected chi connectivity index (χ3v) is 5.78. The number of hydrogen-bond acceptors (Lipinski definition) is 6. The van der Waals surface area contributed by atoms with E-state index in [1.54, 1.807) is 0 Å². The van der Waals surface area contributed by atoms with Crippen LogP contribution in [-0.4, -0.2) is 20.4 Å². The largest absolute Gasteiger partial charge is 0.384 e. The minimum atomic E-state index is -0.948. The zero-order chi connectivity index (χ0) is 20.3. The van der Waals surface area contributed by atoms with Gasteiger partial charge in [-0.15, -0.1) is 0 Å². The SMILES string of the molecule is Cc1ccc2c(c1)C1(CC2)NC(=O)c2c(Cl)cc(Nc3cc(N)ncn3)c(=O)n21. The average molecular weight is 409 g/mol. The van der Waals surface area contributed by atoms with Crippen LogP contribution in [-0.2, 0) is 12.1 Å². The third-order valence-electron chi connectivity index (χ3n) is 5.49. The Bertz CT molecular complexity index is 1250. The highest BCUT2D eigenvalue weighted by molar-refractivity contribution is 6.34. The second-order valence-corrected chi connectivity index (χ2v) is 7.73. The molecular formula is C20H17ClN6O2. The number of halogens is 1. The smallest absolute Gasteiger partial charge is 0.277 e. The number of pyridine rings is 1. The summed E-state index contributed by atoms with van der Waals surface area (Å²) in [7, 11) is 0. The van der Waals surface area contributed by atoms with Crippen molar-refractivity contribution in [1.82, 2.24) is 19.9 Å². The molecule has 1 aliphatic heterocycles. The predicted molar refractivity (Wildman–Crippen MR) is 109 cm³/mol. The van der Waals surface area contributed by atoms with Gasteiger partial charge in [0.1, 0.15) is 35.0 Å². The Balaban J connectivity index is 1.72. The van der Waals surface area contributed by atoms with Crippen LogP contribution < -0.4 is 21.9 Å². The van der Waals surface area contributed by atoms with Crippen LogP contribution in [0.15, 0.2) is 41.5 Å². The maximum Gasteiger partial charge on any atom is 0.277 e. The molecule has 3 aromatic rings. The normalized spacial score (nSPS) is 19.2. The molecule has 3 heterocycles. The van der Waals surface area contributed by atoms with Crippen molar-refractivity contribution in [3.05, 3.63) is 74.4 Å². The van der Waals surface area contributed by atoms with Crippen LogP contribution in [0, 0.1) is 6.92 Å². The van der Waals surface area contributed by atoms with Crippen molar-refractivity contribution in [2.75, 3.05) is 11.1 Å². The molecule has 0 fully saturated rings. The molecule has 9 heteroatoms. The minimum absolute atomic E-state index is 0.166. The van der Waals surface area contributed by atoms with Crippen molar-refractivity contribution in [1.29, 1.82) is 0 Å². The molecule has 0 radical (unpaired) electrons. The van der Waals surface area contributed by atoms with Gasteiger partial charge in [0.05, 0.1) is 5.02 Å². The summed E-state index contributed by atoms with van der Waals surface area (Å²) in [5.74, 6) is 0.267. The number of carbonyl (C=O) groups excluding carboxylic acids is 1. The first kappa shape index (κ1) is 17.7. The van der Waals surface area contributed by atoms with Crippen LogP contribution in [0.2, 0.25) is 5.02 Å². The number of nitrogens with two attached hydrogens (primary N) is 1. The van der Waals surface area contributed by atoms with Gasteiger partial charge in [-0.05, 0) is 31.4 Å². The van der Waals surface area contributed by atoms with E-state index in [0.29, 0.717) is 12.2 Å². The first-order valence-corrected chi connectivity index (χ1v) is 9.50. The second-order valence-electron chi connectivity index (χ2n) is 7.32. The quantitative estimate of drug-likeness (QED) is 0.599. The number of anilines is 3. The van der Waals surface area contributed by atoms with Crippen LogP contribution >= 0.6 is 11.6 Å². The predicted octanol–water partition coefficient (Wildman–Crippen LogP) is 2.32. The molecule has 1 amide bonds. The standard InChI is InChI=1S/C20H17ClN6O2/c1-10-2-3-11-4-5-20(12(11)6-10)26-18(28)17-13(21)7-14(19(29)27(17)20)25-16-8-15(22)23-9-24-16/h2-3,6-9H,4-5H2,1H3,(H,26,28)(H3,22,23,24,25). The molecule has 146 valence electrons. The monoisotopic (exact) mass is 408 g/mol. The van der Waals surface area contributed by atoms with Crippen LogP contribution in [0.1, 0.15) is 33.6 Å². The minimum Gasteiger partial charge on any atom is -0.384 e. The van der Waals surface area contributed by atoms with E-state index in [9.17, 15) is 9.59 Å². The highest BCUT2D eigenvalue weighted by Gasteiger charge is 2.50. The zero-order valence-corrected chi connectivity index (χ0v) is 16.2. The molecular weight excluding hydrogens is 392 g/mol. The van der Waals surface area contributed by atoms with Gasteiger partial charge in [-0.1, -0.05) is 35.4 Å². The number of aromatic nitrogens is 3. The van der Waals surface area contributed by atoms with Crippen molar-refractivity contribution < 1.29 is 4.79 Å². The van der Waals surface area contributed by atoms with E-state index in [0.717, 1.165) is 23.1 Å². The number of nitrogens with one attached hydrogen (secondary N) is 2. The first-order valence-electron chi connectivity index (χ1n) is 9.12. The highest BCUT2D eigenvalue weighted by Crippen LogP contribution is 2.43. The summed E-state index contributed by atoms with van der Waals surface area (Å²) in [5.41, 5.74) is 7.83. The molecule has 1 unspecified atom stereocenters. The number of amides is 1.